The molecule has 0 spiro atoms. The molecule has 1 heterocycles. The minimum atomic E-state index is 0.189. The maximum Gasteiger partial charge on any atom is 0.0971 e. The normalized spacial score (nSPS) is 27.5. The van der Waals surface area contributed by atoms with Crippen LogP contribution in [0, 0.1) is 0 Å². The van der Waals surface area contributed by atoms with Crippen LogP contribution in [0.25, 0.3) is 0 Å². The van der Waals surface area contributed by atoms with Gasteiger partial charge in [-0.2, -0.15) is 11.8 Å². The Hall–Kier alpha value is 0.190. The summed E-state index contributed by atoms with van der Waals surface area (Å²) >= 11 is 1.90. The zero-order chi connectivity index (χ0) is 12.7. The Bertz CT molecular complexity index is 195. The van der Waals surface area contributed by atoms with E-state index in [2.05, 4.69) is 11.2 Å². The molecule has 0 aliphatic carbocycles. The zero-order valence-corrected chi connectivity index (χ0v) is 12.0. The third-order valence-electron chi connectivity index (χ3n) is 3.52. The van der Waals surface area contributed by atoms with Gasteiger partial charge >= 0.3 is 0 Å². The molecule has 1 saturated heterocycles. The summed E-state index contributed by atoms with van der Waals surface area (Å²) in [6.45, 7) is 2.60. The van der Waals surface area contributed by atoms with Crippen LogP contribution in [0.2, 0.25) is 0 Å². The van der Waals surface area contributed by atoms with Gasteiger partial charge in [0.1, 0.15) is 0 Å². The highest BCUT2D eigenvalue weighted by molar-refractivity contribution is 7.98. The highest BCUT2D eigenvalue weighted by Gasteiger charge is 2.35. The van der Waals surface area contributed by atoms with Gasteiger partial charge in [-0.1, -0.05) is 0 Å². The molecule has 0 aromatic carbocycles. The van der Waals surface area contributed by atoms with Crippen LogP contribution >= 0.6 is 11.8 Å². The molecule has 1 fully saturated rings. The van der Waals surface area contributed by atoms with Crippen LogP contribution in [0.3, 0.4) is 0 Å². The summed E-state index contributed by atoms with van der Waals surface area (Å²) in [6, 6.07) is 0.472. The second kappa shape index (κ2) is 8.32. The monoisotopic (exact) mass is 262 g/mol. The van der Waals surface area contributed by atoms with E-state index in [-0.39, 0.29) is 12.2 Å². The lowest BCUT2D eigenvalue weighted by molar-refractivity contribution is -0.00461. The van der Waals surface area contributed by atoms with E-state index in [0.717, 1.165) is 19.6 Å². The maximum absolute atomic E-state index is 5.88. The fourth-order valence-electron chi connectivity index (χ4n) is 2.44. The Labute approximate surface area is 109 Å². The average molecular weight is 262 g/mol. The van der Waals surface area contributed by atoms with Gasteiger partial charge in [0, 0.05) is 39.9 Å². The van der Waals surface area contributed by atoms with Gasteiger partial charge in [0.05, 0.1) is 12.2 Å². The van der Waals surface area contributed by atoms with E-state index in [1.54, 1.807) is 14.2 Å². The Morgan fingerprint density at radius 2 is 1.88 bits per heavy atom. The predicted molar refractivity (Wildman–Crippen MR) is 73.6 cm³/mol. The summed E-state index contributed by atoms with van der Waals surface area (Å²) in [5.74, 6) is 1.21. The lowest BCUT2D eigenvalue weighted by atomic mass is 10.1. The molecular weight excluding hydrogens is 236 g/mol. The first-order valence-corrected chi connectivity index (χ1v) is 7.64. The Morgan fingerprint density at radius 1 is 1.29 bits per heavy atom. The van der Waals surface area contributed by atoms with Crippen molar-refractivity contribution in [2.24, 2.45) is 5.73 Å². The molecule has 1 aliphatic rings. The SMILES string of the molecule is COC1CN(C(CN)CCCSC)CC1OC. The number of hydrogen-bond donors (Lipinski definition) is 1. The van der Waals surface area contributed by atoms with Crippen LogP contribution < -0.4 is 5.73 Å². The molecule has 0 amide bonds. The van der Waals surface area contributed by atoms with Crippen LogP contribution in [-0.4, -0.2) is 69.0 Å². The Kier molecular flexibility index (Phi) is 7.46. The second-order valence-corrected chi connectivity index (χ2v) is 5.51. The molecule has 0 bridgehead atoms. The van der Waals surface area contributed by atoms with Gasteiger partial charge in [-0.15, -0.1) is 0 Å². The van der Waals surface area contributed by atoms with Gasteiger partial charge in [-0.3, -0.25) is 4.90 Å². The fourth-order valence-corrected chi connectivity index (χ4v) is 2.89. The topological polar surface area (TPSA) is 47.7 Å². The molecule has 0 saturated carbocycles. The van der Waals surface area contributed by atoms with Crippen molar-refractivity contribution in [3.63, 3.8) is 0 Å². The first-order valence-electron chi connectivity index (χ1n) is 6.25. The first-order chi connectivity index (χ1) is 8.26. The van der Waals surface area contributed by atoms with Crippen LogP contribution in [0.15, 0.2) is 0 Å². The molecular formula is C12H26N2O2S. The molecule has 0 aromatic heterocycles. The standard InChI is InChI=1S/C12H26N2O2S/c1-15-11-8-14(9-12(11)16-2)10(7-13)5-4-6-17-3/h10-12H,4-9,13H2,1-3H3. The first kappa shape index (κ1) is 15.2. The quantitative estimate of drug-likeness (QED) is 0.656. The smallest absolute Gasteiger partial charge is 0.0971 e. The number of nitrogens with zero attached hydrogens (tertiary/aromatic N) is 1. The summed E-state index contributed by atoms with van der Waals surface area (Å²) in [5, 5.41) is 0. The van der Waals surface area contributed by atoms with Crippen molar-refractivity contribution in [2.45, 2.75) is 31.1 Å². The van der Waals surface area contributed by atoms with E-state index in [9.17, 15) is 0 Å². The van der Waals surface area contributed by atoms with Crippen molar-refractivity contribution in [2.75, 3.05) is 45.9 Å². The molecule has 0 radical (unpaired) electrons. The highest BCUT2D eigenvalue weighted by Crippen LogP contribution is 2.20. The molecule has 3 unspecified atom stereocenters. The van der Waals surface area contributed by atoms with E-state index in [1.807, 2.05) is 11.8 Å². The summed E-state index contributed by atoms with van der Waals surface area (Å²) in [6.07, 6.45) is 4.93. The number of thioether (sulfide) groups is 1. The molecule has 2 N–H and O–H groups in total. The van der Waals surface area contributed by atoms with E-state index >= 15 is 0 Å². The lowest BCUT2D eigenvalue weighted by Crippen LogP contribution is -2.40. The van der Waals surface area contributed by atoms with E-state index in [1.165, 1.54) is 18.6 Å². The van der Waals surface area contributed by atoms with Crippen LogP contribution in [0.1, 0.15) is 12.8 Å². The fraction of sp³-hybridized carbons (Fsp3) is 1.00. The van der Waals surface area contributed by atoms with Crippen molar-refractivity contribution in [3.05, 3.63) is 0 Å². The molecule has 4 nitrogen and oxygen atoms in total. The molecule has 1 rings (SSSR count). The van der Waals surface area contributed by atoms with Gasteiger partial charge in [-0.05, 0) is 24.9 Å². The van der Waals surface area contributed by atoms with Crippen molar-refractivity contribution < 1.29 is 9.47 Å². The Balaban J connectivity index is 2.42. The number of ether oxygens (including phenoxy) is 2. The van der Waals surface area contributed by atoms with Crippen molar-refractivity contribution >= 4 is 11.8 Å². The number of methoxy groups -OCH3 is 2. The minimum Gasteiger partial charge on any atom is -0.377 e. The molecule has 102 valence electrons. The number of nitrogens with two attached hydrogens (primary N) is 1. The van der Waals surface area contributed by atoms with E-state index < -0.39 is 0 Å². The molecule has 1 aliphatic heterocycles. The third-order valence-corrected chi connectivity index (χ3v) is 4.22. The number of rotatable bonds is 8. The van der Waals surface area contributed by atoms with Gasteiger partial charge < -0.3 is 15.2 Å². The van der Waals surface area contributed by atoms with Crippen LogP contribution in [0.4, 0.5) is 0 Å². The summed E-state index contributed by atoms with van der Waals surface area (Å²) in [5.41, 5.74) is 5.88. The van der Waals surface area contributed by atoms with Crippen molar-refractivity contribution in [3.8, 4) is 0 Å². The summed E-state index contributed by atoms with van der Waals surface area (Å²) in [4.78, 5) is 2.42. The summed E-state index contributed by atoms with van der Waals surface area (Å²) in [7, 11) is 3.51. The van der Waals surface area contributed by atoms with Crippen molar-refractivity contribution in [1.82, 2.24) is 4.90 Å². The van der Waals surface area contributed by atoms with Gasteiger partial charge in [0.25, 0.3) is 0 Å². The predicted octanol–water partition coefficient (Wildman–Crippen LogP) is 0.803. The summed E-state index contributed by atoms with van der Waals surface area (Å²) < 4.78 is 10.9. The molecule has 0 aromatic rings. The molecule has 17 heavy (non-hydrogen) atoms. The van der Waals surface area contributed by atoms with Crippen LogP contribution in [0.5, 0.6) is 0 Å². The lowest BCUT2D eigenvalue weighted by Gasteiger charge is -2.26. The largest absolute Gasteiger partial charge is 0.377 e. The average Bonchev–Trinajstić information content (AvgIpc) is 2.77. The van der Waals surface area contributed by atoms with Gasteiger partial charge in [0.15, 0.2) is 0 Å². The highest BCUT2D eigenvalue weighted by atomic mass is 32.2. The van der Waals surface area contributed by atoms with E-state index in [0.29, 0.717) is 6.04 Å². The third kappa shape index (κ3) is 4.41. The molecule has 3 atom stereocenters. The minimum absolute atomic E-state index is 0.189. The van der Waals surface area contributed by atoms with E-state index in [4.69, 9.17) is 15.2 Å². The second-order valence-electron chi connectivity index (χ2n) is 4.53. The zero-order valence-electron chi connectivity index (χ0n) is 11.2. The van der Waals surface area contributed by atoms with Crippen molar-refractivity contribution in [1.29, 1.82) is 0 Å². The number of likely N-dealkylation sites (tertiary alicyclic amines) is 1. The number of hydrogen-bond acceptors (Lipinski definition) is 5. The van der Waals surface area contributed by atoms with Gasteiger partial charge in [-0.25, -0.2) is 0 Å². The molecule has 5 heteroatoms. The maximum atomic E-state index is 5.88. The Morgan fingerprint density at radius 3 is 2.29 bits per heavy atom. The van der Waals surface area contributed by atoms with Gasteiger partial charge in [0.2, 0.25) is 0 Å². The van der Waals surface area contributed by atoms with Crippen LogP contribution in [-0.2, 0) is 9.47 Å².